The van der Waals surface area contributed by atoms with Gasteiger partial charge in [-0.25, -0.2) is 4.39 Å². The van der Waals surface area contributed by atoms with Gasteiger partial charge in [-0.3, -0.25) is 14.5 Å². The molecular formula is C21H15F4N3O2. The number of aromatic nitrogens is 1. The number of pyridine rings is 1. The highest BCUT2D eigenvalue weighted by Crippen LogP contribution is 2.42. The quantitative estimate of drug-likeness (QED) is 0.621. The summed E-state index contributed by atoms with van der Waals surface area (Å²) in [6.45, 7) is 1.51. The molecule has 0 saturated heterocycles. The second-order valence-electron chi connectivity index (χ2n) is 6.84. The Morgan fingerprint density at radius 2 is 1.73 bits per heavy atom. The summed E-state index contributed by atoms with van der Waals surface area (Å²) in [5.74, 6) is -1.33. The fraction of sp³-hybridized carbons (Fsp3) is 0.143. The summed E-state index contributed by atoms with van der Waals surface area (Å²) in [6, 6.07) is 9.97. The van der Waals surface area contributed by atoms with Crippen LogP contribution in [-0.2, 0) is 6.18 Å². The van der Waals surface area contributed by atoms with Crippen molar-refractivity contribution in [3.63, 3.8) is 0 Å². The zero-order valence-electron chi connectivity index (χ0n) is 15.6. The molecule has 2 heterocycles. The Hall–Kier alpha value is -3.62. The zero-order chi connectivity index (χ0) is 21.6. The fourth-order valence-corrected chi connectivity index (χ4v) is 3.54. The summed E-state index contributed by atoms with van der Waals surface area (Å²) < 4.78 is 54.7. The SMILES string of the molecule is Cc1cc(F)ccc1N1CN(c2ccc(=O)[nH]c2)C(=O)c2c1cccc2C(F)(F)F. The molecule has 3 aromatic rings. The number of halogens is 4. The van der Waals surface area contributed by atoms with E-state index in [4.69, 9.17) is 0 Å². The number of aryl methyl sites for hydroxylation is 1. The highest BCUT2D eigenvalue weighted by atomic mass is 19.4. The third-order valence-corrected chi connectivity index (χ3v) is 4.91. The monoisotopic (exact) mass is 417 g/mol. The predicted octanol–water partition coefficient (Wildman–Crippen LogP) is 4.60. The lowest BCUT2D eigenvalue weighted by molar-refractivity contribution is -0.137. The predicted molar refractivity (Wildman–Crippen MR) is 103 cm³/mol. The molecule has 0 fully saturated rings. The maximum atomic E-state index is 13.7. The van der Waals surface area contributed by atoms with E-state index in [1.165, 1.54) is 53.6 Å². The minimum atomic E-state index is -4.75. The molecule has 30 heavy (non-hydrogen) atoms. The Balaban J connectivity index is 1.96. The van der Waals surface area contributed by atoms with Gasteiger partial charge < -0.3 is 9.88 Å². The van der Waals surface area contributed by atoms with E-state index >= 15 is 0 Å². The van der Waals surface area contributed by atoms with Crippen LogP contribution in [0.4, 0.5) is 34.6 Å². The Morgan fingerprint density at radius 3 is 2.37 bits per heavy atom. The maximum absolute atomic E-state index is 13.7. The number of rotatable bonds is 2. The normalized spacial score (nSPS) is 14.1. The third kappa shape index (κ3) is 3.32. The standard InChI is InChI=1S/C21H15F4N3O2/c1-12-9-13(22)5-7-16(12)28-11-27(14-6-8-18(29)26-10-14)20(30)19-15(21(23,24)25)3-2-4-17(19)28/h2-10H,11H2,1H3,(H,26,29). The zero-order valence-corrected chi connectivity index (χ0v) is 15.6. The largest absolute Gasteiger partial charge is 0.417 e. The number of amides is 1. The molecule has 1 N–H and O–H groups in total. The van der Waals surface area contributed by atoms with Crippen LogP contribution in [-0.4, -0.2) is 17.6 Å². The van der Waals surface area contributed by atoms with Crippen molar-refractivity contribution in [3.8, 4) is 0 Å². The van der Waals surface area contributed by atoms with Crippen LogP contribution >= 0.6 is 0 Å². The first-order valence-corrected chi connectivity index (χ1v) is 8.91. The van der Waals surface area contributed by atoms with Gasteiger partial charge >= 0.3 is 6.18 Å². The van der Waals surface area contributed by atoms with Crippen LogP contribution in [0.1, 0.15) is 21.5 Å². The number of benzene rings is 2. The second-order valence-corrected chi connectivity index (χ2v) is 6.84. The van der Waals surface area contributed by atoms with E-state index in [1.807, 2.05) is 0 Å². The lowest BCUT2D eigenvalue weighted by Gasteiger charge is -2.39. The summed E-state index contributed by atoms with van der Waals surface area (Å²) in [5.41, 5.74) is -0.730. The van der Waals surface area contributed by atoms with Crippen LogP contribution in [0, 0.1) is 12.7 Å². The van der Waals surface area contributed by atoms with Crippen LogP contribution < -0.4 is 15.4 Å². The van der Waals surface area contributed by atoms with E-state index in [-0.39, 0.29) is 18.0 Å². The minimum Gasteiger partial charge on any atom is -0.327 e. The van der Waals surface area contributed by atoms with Crippen LogP contribution in [0.15, 0.2) is 59.5 Å². The van der Waals surface area contributed by atoms with Gasteiger partial charge in [-0.2, -0.15) is 13.2 Å². The smallest absolute Gasteiger partial charge is 0.327 e. The number of hydrogen-bond acceptors (Lipinski definition) is 3. The van der Waals surface area contributed by atoms with Gasteiger partial charge in [0, 0.05) is 18.0 Å². The van der Waals surface area contributed by atoms with E-state index in [9.17, 15) is 27.2 Å². The Morgan fingerprint density at radius 1 is 0.967 bits per heavy atom. The molecule has 2 aromatic carbocycles. The van der Waals surface area contributed by atoms with E-state index in [0.29, 0.717) is 11.3 Å². The van der Waals surface area contributed by atoms with Gasteiger partial charge in [0.25, 0.3) is 5.91 Å². The first-order chi connectivity index (χ1) is 14.2. The number of aromatic amines is 1. The van der Waals surface area contributed by atoms with E-state index < -0.39 is 34.6 Å². The number of carbonyl (C=O) groups is 1. The molecule has 5 nitrogen and oxygen atoms in total. The van der Waals surface area contributed by atoms with Gasteiger partial charge in [0.2, 0.25) is 5.56 Å². The molecule has 0 bridgehead atoms. The van der Waals surface area contributed by atoms with Crippen molar-refractivity contribution >= 4 is 23.0 Å². The molecular weight excluding hydrogens is 402 g/mol. The molecule has 0 radical (unpaired) electrons. The Labute approximate surface area is 168 Å². The van der Waals surface area contributed by atoms with Crippen molar-refractivity contribution in [1.82, 2.24) is 4.98 Å². The van der Waals surface area contributed by atoms with Crippen LogP contribution in [0.5, 0.6) is 0 Å². The number of anilines is 3. The molecule has 4 rings (SSSR count). The van der Waals surface area contributed by atoms with Crippen molar-refractivity contribution in [2.24, 2.45) is 0 Å². The molecule has 1 aliphatic heterocycles. The summed E-state index contributed by atoms with van der Waals surface area (Å²) in [6.07, 6.45) is -3.49. The maximum Gasteiger partial charge on any atom is 0.417 e. The number of nitrogens with zero attached hydrogens (tertiary/aromatic N) is 2. The lowest BCUT2D eigenvalue weighted by Crippen LogP contribution is -2.46. The third-order valence-electron chi connectivity index (χ3n) is 4.91. The van der Waals surface area contributed by atoms with E-state index in [2.05, 4.69) is 4.98 Å². The van der Waals surface area contributed by atoms with Crippen molar-refractivity contribution in [1.29, 1.82) is 0 Å². The number of fused-ring (bicyclic) bond motifs is 1. The highest BCUT2D eigenvalue weighted by molar-refractivity contribution is 6.13. The number of carbonyl (C=O) groups excluding carboxylic acids is 1. The molecule has 9 heteroatoms. The van der Waals surface area contributed by atoms with Crippen molar-refractivity contribution in [2.75, 3.05) is 16.5 Å². The van der Waals surface area contributed by atoms with Gasteiger partial charge in [0.05, 0.1) is 22.5 Å². The van der Waals surface area contributed by atoms with Gasteiger partial charge in [0.1, 0.15) is 12.5 Å². The molecule has 0 saturated carbocycles. The lowest BCUT2D eigenvalue weighted by atomic mass is 9.99. The van der Waals surface area contributed by atoms with Crippen LogP contribution in [0.3, 0.4) is 0 Å². The van der Waals surface area contributed by atoms with Gasteiger partial charge in [-0.1, -0.05) is 6.07 Å². The minimum absolute atomic E-state index is 0.0743. The Bertz CT molecular complexity index is 1180. The summed E-state index contributed by atoms with van der Waals surface area (Å²) in [5, 5.41) is 0. The van der Waals surface area contributed by atoms with Gasteiger partial charge in [-0.15, -0.1) is 0 Å². The van der Waals surface area contributed by atoms with Crippen molar-refractivity contribution in [2.45, 2.75) is 13.1 Å². The van der Waals surface area contributed by atoms with Crippen LogP contribution in [0.25, 0.3) is 0 Å². The van der Waals surface area contributed by atoms with Crippen molar-refractivity contribution in [3.05, 3.63) is 87.6 Å². The number of hydrogen-bond donors (Lipinski definition) is 1. The molecule has 0 aliphatic carbocycles. The molecule has 1 amide bonds. The van der Waals surface area contributed by atoms with Gasteiger partial charge in [0.15, 0.2) is 0 Å². The fourth-order valence-electron chi connectivity index (χ4n) is 3.54. The topological polar surface area (TPSA) is 56.4 Å². The number of H-pyrrole nitrogens is 1. The first kappa shape index (κ1) is 19.7. The number of nitrogens with one attached hydrogen (secondary N) is 1. The molecule has 0 unspecified atom stereocenters. The average Bonchev–Trinajstić information content (AvgIpc) is 2.69. The Kier molecular flexibility index (Phi) is 4.60. The highest BCUT2D eigenvalue weighted by Gasteiger charge is 2.41. The summed E-state index contributed by atoms with van der Waals surface area (Å²) >= 11 is 0. The molecule has 1 aromatic heterocycles. The molecule has 154 valence electrons. The molecule has 1 aliphatic rings. The van der Waals surface area contributed by atoms with Crippen molar-refractivity contribution < 1.29 is 22.4 Å². The molecule has 0 atom stereocenters. The summed E-state index contributed by atoms with van der Waals surface area (Å²) in [7, 11) is 0. The van der Waals surface area contributed by atoms with Gasteiger partial charge in [-0.05, 0) is 48.9 Å². The van der Waals surface area contributed by atoms with E-state index in [0.717, 1.165) is 11.0 Å². The second kappa shape index (κ2) is 7.01. The average molecular weight is 417 g/mol. The number of alkyl halides is 3. The van der Waals surface area contributed by atoms with E-state index in [1.54, 1.807) is 6.92 Å². The summed E-state index contributed by atoms with van der Waals surface area (Å²) in [4.78, 5) is 29.6. The van der Waals surface area contributed by atoms with Crippen LogP contribution in [0.2, 0.25) is 0 Å². The molecule has 0 spiro atoms. The first-order valence-electron chi connectivity index (χ1n) is 8.91.